The van der Waals surface area contributed by atoms with Crippen molar-refractivity contribution in [3.05, 3.63) is 75.3 Å². The first-order chi connectivity index (χ1) is 17.2. The molecule has 5 nitrogen and oxygen atoms in total. The molecule has 1 aliphatic carbocycles. The predicted molar refractivity (Wildman–Crippen MR) is 142 cm³/mol. The SMILES string of the molecule is CC(C)(C)[C@@H]1CCc2c(sc(N=Cc3c(Oc4nc(Cl)ncc4F)ccc4ccccc34)c2C#N)C1. The summed E-state index contributed by atoms with van der Waals surface area (Å²) in [5.74, 6) is -0.0441. The van der Waals surface area contributed by atoms with Gasteiger partial charge >= 0.3 is 0 Å². The minimum Gasteiger partial charge on any atom is -0.436 e. The van der Waals surface area contributed by atoms with E-state index in [0.717, 1.165) is 41.8 Å². The number of rotatable bonds is 4. The molecule has 1 aliphatic rings. The summed E-state index contributed by atoms with van der Waals surface area (Å²) in [5.41, 5.74) is 2.65. The molecule has 0 unspecified atom stereocenters. The highest BCUT2D eigenvalue weighted by Crippen LogP contribution is 2.45. The van der Waals surface area contributed by atoms with Crippen molar-refractivity contribution in [2.75, 3.05) is 0 Å². The van der Waals surface area contributed by atoms with E-state index in [0.29, 0.717) is 27.8 Å². The molecule has 4 aromatic rings. The minimum absolute atomic E-state index is 0.112. The number of hydrogen-bond donors (Lipinski definition) is 0. The van der Waals surface area contributed by atoms with Crippen LogP contribution >= 0.6 is 22.9 Å². The molecular weight excluding hydrogens is 495 g/mol. The van der Waals surface area contributed by atoms with Gasteiger partial charge in [0.25, 0.3) is 5.88 Å². The van der Waals surface area contributed by atoms with Crippen LogP contribution in [0.1, 0.15) is 48.8 Å². The van der Waals surface area contributed by atoms with Crippen molar-refractivity contribution in [2.24, 2.45) is 16.3 Å². The smallest absolute Gasteiger partial charge is 0.260 e. The molecule has 2 heterocycles. The van der Waals surface area contributed by atoms with Gasteiger partial charge in [-0.25, -0.2) is 9.98 Å². The fraction of sp³-hybridized carbons (Fsp3) is 0.286. The summed E-state index contributed by atoms with van der Waals surface area (Å²) < 4.78 is 20.2. The van der Waals surface area contributed by atoms with E-state index in [1.807, 2.05) is 30.3 Å². The Hall–Kier alpha value is -3.34. The first-order valence-corrected chi connectivity index (χ1v) is 12.9. The van der Waals surface area contributed by atoms with E-state index in [9.17, 15) is 9.65 Å². The highest BCUT2D eigenvalue weighted by Gasteiger charge is 2.32. The Morgan fingerprint density at radius 2 is 2.06 bits per heavy atom. The number of fused-ring (bicyclic) bond motifs is 2. The molecule has 0 spiro atoms. The zero-order chi connectivity index (χ0) is 25.4. The van der Waals surface area contributed by atoms with E-state index >= 15 is 0 Å². The number of ether oxygens (including phenoxy) is 1. The molecular formula is C28H24ClFN4OS. The van der Waals surface area contributed by atoms with E-state index in [1.165, 1.54) is 4.88 Å². The Kier molecular flexibility index (Phi) is 6.50. The summed E-state index contributed by atoms with van der Waals surface area (Å²) in [6.07, 6.45) is 5.59. The molecule has 0 aliphatic heterocycles. The van der Waals surface area contributed by atoms with Gasteiger partial charge in [0.2, 0.25) is 11.1 Å². The maximum atomic E-state index is 14.3. The predicted octanol–water partition coefficient (Wildman–Crippen LogP) is 8.05. The highest BCUT2D eigenvalue weighted by molar-refractivity contribution is 7.16. The quantitative estimate of drug-likeness (QED) is 0.202. The second-order valence-corrected chi connectivity index (χ2v) is 11.4. The van der Waals surface area contributed by atoms with Crippen LogP contribution in [0.25, 0.3) is 10.8 Å². The Balaban J connectivity index is 1.57. The molecule has 5 rings (SSSR count). The first-order valence-electron chi connectivity index (χ1n) is 11.7. The normalized spacial score (nSPS) is 15.7. The lowest BCUT2D eigenvalue weighted by atomic mass is 9.72. The van der Waals surface area contributed by atoms with Crippen LogP contribution < -0.4 is 4.74 Å². The van der Waals surface area contributed by atoms with Crippen molar-refractivity contribution in [3.63, 3.8) is 0 Å². The van der Waals surface area contributed by atoms with Crippen LogP contribution in [0, 0.1) is 28.5 Å². The lowest BCUT2D eigenvalue weighted by molar-refractivity contribution is 0.218. The van der Waals surface area contributed by atoms with Gasteiger partial charge in [-0.3, -0.25) is 0 Å². The monoisotopic (exact) mass is 518 g/mol. The third kappa shape index (κ3) is 4.71. The molecule has 0 saturated carbocycles. The van der Waals surface area contributed by atoms with Crippen LogP contribution in [0.15, 0.2) is 47.6 Å². The molecule has 0 fully saturated rings. The van der Waals surface area contributed by atoms with Crippen molar-refractivity contribution < 1.29 is 9.13 Å². The summed E-state index contributed by atoms with van der Waals surface area (Å²) in [6, 6.07) is 13.8. The average molecular weight is 519 g/mol. The van der Waals surface area contributed by atoms with Crippen molar-refractivity contribution in [1.82, 2.24) is 9.97 Å². The number of benzene rings is 2. The van der Waals surface area contributed by atoms with Crippen LogP contribution in [0.5, 0.6) is 11.6 Å². The highest BCUT2D eigenvalue weighted by atomic mass is 35.5. The topological polar surface area (TPSA) is 71.2 Å². The largest absolute Gasteiger partial charge is 0.436 e. The Morgan fingerprint density at radius 3 is 2.83 bits per heavy atom. The molecule has 2 aromatic heterocycles. The minimum atomic E-state index is -0.721. The third-order valence-electron chi connectivity index (χ3n) is 6.71. The van der Waals surface area contributed by atoms with Gasteiger partial charge < -0.3 is 4.74 Å². The molecule has 1 atom stereocenters. The standard InChI is InChI=1S/C28H24ClFN4OS/c1-28(2,3)17-9-10-19-20(13-31)26(36-24(19)12-17)32-14-21-18-7-5-4-6-16(18)8-11-23(21)35-25-22(30)15-33-27(29)34-25/h4-8,11,14-15,17H,9-10,12H2,1-3H3/t17-/m1/s1. The molecule has 2 aromatic carbocycles. The zero-order valence-electron chi connectivity index (χ0n) is 20.2. The fourth-order valence-corrected chi connectivity index (χ4v) is 5.99. The zero-order valence-corrected chi connectivity index (χ0v) is 21.8. The number of hydrogen-bond acceptors (Lipinski definition) is 6. The molecule has 0 bridgehead atoms. The molecule has 8 heteroatoms. The van der Waals surface area contributed by atoms with E-state index in [1.54, 1.807) is 23.6 Å². The van der Waals surface area contributed by atoms with E-state index in [4.69, 9.17) is 21.3 Å². The van der Waals surface area contributed by atoms with Gasteiger partial charge in [-0.1, -0.05) is 51.1 Å². The number of aliphatic imine (C=N–C) groups is 1. The van der Waals surface area contributed by atoms with Gasteiger partial charge in [0.15, 0.2) is 0 Å². The average Bonchev–Trinajstić information content (AvgIpc) is 3.21. The van der Waals surface area contributed by atoms with E-state index in [-0.39, 0.29) is 16.6 Å². The third-order valence-corrected chi connectivity index (χ3v) is 8.06. The van der Waals surface area contributed by atoms with Crippen molar-refractivity contribution >= 4 is 44.9 Å². The van der Waals surface area contributed by atoms with Crippen molar-refractivity contribution in [3.8, 4) is 17.7 Å². The number of halogens is 2. The summed E-state index contributed by atoms with van der Waals surface area (Å²) in [6.45, 7) is 6.82. The number of thiophene rings is 1. The number of nitrogens with zero attached hydrogens (tertiary/aromatic N) is 4. The van der Waals surface area contributed by atoms with Gasteiger partial charge in [0, 0.05) is 16.7 Å². The maximum absolute atomic E-state index is 14.3. The molecule has 0 radical (unpaired) electrons. The number of nitriles is 1. The molecule has 36 heavy (non-hydrogen) atoms. The van der Waals surface area contributed by atoms with Gasteiger partial charge in [0.1, 0.15) is 16.8 Å². The van der Waals surface area contributed by atoms with Crippen LogP contribution in [0.3, 0.4) is 0 Å². The van der Waals surface area contributed by atoms with Crippen LogP contribution in [-0.4, -0.2) is 16.2 Å². The fourth-order valence-electron chi connectivity index (χ4n) is 4.64. The Morgan fingerprint density at radius 1 is 1.25 bits per heavy atom. The molecule has 182 valence electrons. The second kappa shape index (κ2) is 9.61. The first kappa shape index (κ1) is 24.4. The molecule has 0 N–H and O–H groups in total. The van der Waals surface area contributed by atoms with Gasteiger partial charge in [-0.2, -0.15) is 14.6 Å². The summed E-state index contributed by atoms with van der Waals surface area (Å²) in [4.78, 5) is 13.5. The van der Waals surface area contributed by atoms with Gasteiger partial charge in [-0.15, -0.1) is 11.3 Å². The van der Waals surface area contributed by atoms with Crippen LogP contribution in [0.2, 0.25) is 5.28 Å². The summed E-state index contributed by atoms with van der Waals surface area (Å²) in [7, 11) is 0. The molecule has 0 saturated heterocycles. The van der Waals surface area contributed by atoms with E-state index in [2.05, 4.69) is 36.8 Å². The van der Waals surface area contributed by atoms with Crippen LogP contribution in [0.4, 0.5) is 9.39 Å². The Labute approximate surface area is 218 Å². The lowest BCUT2D eigenvalue weighted by Crippen LogP contribution is -2.26. The van der Waals surface area contributed by atoms with Crippen molar-refractivity contribution in [2.45, 2.75) is 40.0 Å². The Bertz CT molecular complexity index is 1530. The number of aromatic nitrogens is 2. The van der Waals surface area contributed by atoms with Crippen molar-refractivity contribution in [1.29, 1.82) is 5.26 Å². The van der Waals surface area contributed by atoms with Crippen LogP contribution in [-0.2, 0) is 12.8 Å². The summed E-state index contributed by atoms with van der Waals surface area (Å²) >= 11 is 7.44. The second-order valence-electron chi connectivity index (χ2n) is 9.95. The van der Waals surface area contributed by atoms with Gasteiger partial charge in [0.05, 0.1) is 11.8 Å². The lowest BCUT2D eigenvalue weighted by Gasteiger charge is -2.33. The molecule has 0 amide bonds. The maximum Gasteiger partial charge on any atom is 0.260 e. The van der Waals surface area contributed by atoms with Gasteiger partial charge in [-0.05, 0) is 64.6 Å². The summed E-state index contributed by atoms with van der Waals surface area (Å²) in [5, 5.41) is 12.4. The van der Waals surface area contributed by atoms with E-state index < -0.39 is 5.82 Å².